The Bertz CT molecular complexity index is 1050. The predicted octanol–water partition coefficient (Wildman–Crippen LogP) is 3.79. The molecule has 30 heavy (non-hydrogen) atoms. The number of piperidine rings is 1. The number of hydrogen-bond donors (Lipinski definition) is 2. The molecule has 0 aromatic heterocycles. The number of amides is 2. The molecule has 1 aliphatic heterocycles. The number of carbonyl (C=O) groups excluding carboxylic acids is 2. The van der Waals surface area contributed by atoms with Crippen LogP contribution in [-0.4, -0.2) is 44.5 Å². The highest BCUT2D eigenvalue weighted by molar-refractivity contribution is 7.98. The van der Waals surface area contributed by atoms with Gasteiger partial charge in [-0.25, -0.2) is 8.42 Å². The highest BCUT2D eigenvalue weighted by atomic mass is 32.2. The van der Waals surface area contributed by atoms with Gasteiger partial charge in [0.1, 0.15) is 0 Å². The van der Waals surface area contributed by atoms with Gasteiger partial charge in [-0.1, -0.05) is 6.07 Å². The first-order valence-electron chi connectivity index (χ1n) is 9.68. The van der Waals surface area contributed by atoms with E-state index in [0.717, 1.165) is 24.2 Å². The molecule has 3 rings (SSSR count). The van der Waals surface area contributed by atoms with Gasteiger partial charge in [-0.15, -0.1) is 11.8 Å². The standard InChI is InChI=1S/C21H25N3O4S2/c1-15(25)22-16-7-6-8-17(13-16)23-30(27,28)18-9-10-20(29-2)19(14-18)21(26)24-11-4-3-5-12-24/h6-10,13-14,23H,3-5,11-12H2,1-2H3,(H,22,25). The van der Waals surface area contributed by atoms with Crippen LogP contribution in [0, 0.1) is 0 Å². The van der Waals surface area contributed by atoms with E-state index in [2.05, 4.69) is 10.0 Å². The molecular formula is C21H25N3O4S2. The fourth-order valence-electron chi connectivity index (χ4n) is 3.37. The van der Waals surface area contributed by atoms with Gasteiger partial charge in [0.2, 0.25) is 5.91 Å². The minimum Gasteiger partial charge on any atom is -0.339 e. The lowest BCUT2D eigenvalue weighted by molar-refractivity contribution is -0.114. The minimum atomic E-state index is -3.91. The normalized spacial score (nSPS) is 14.3. The van der Waals surface area contributed by atoms with Gasteiger partial charge in [-0.3, -0.25) is 14.3 Å². The summed E-state index contributed by atoms with van der Waals surface area (Å²) in [5.41, 5.74) is 1.21. The lowest BCUT2D eigenvalue weighted by Crippen LogP contribution is -2.36. The Kier molecular flexibility index (Phi) is 7.04. The van der Waals surface area contributed by atoms with Gasteiger partial charge in [0.25, 0.3) is 15.9 Å². The number of thioether (sulfide) groups is 1. The van der Waals surface area contributed by atoms with Crippen LogP contribution in [0.2, 0.25) is 0 Å². The van der Waals surface area contributed by atoms with Crippen LogP contribution in [-0.2, 0) is 14.8 Å². The summed E-state index contributed by atoms with van der Waals surface area (Å²) in [6, 6.07) is 11.1. The van der Waals surface area contributed by atoms with Crippen molar-refractivity contribution in [2.75, 3.05) is 29.4 Å². The van der Waals surface area contributed by atoms with Crippen molar-refractivity contribution in [1.82, 2.24) is 4.90 Å². The number of hydrogen-bond acceptors (Lipinski definition) is 5. The van der Waals surface area contributed by atoms with E-state index in [1.165, 1.54) is 36.9 Å². The highest BCUT2D eigenvalue weighted by Gasteiger charge is 2.24. The summed E-state index contributed by atoms with van der Waals surface area (Å²) in [7, 11) is -3.91. The summed E-state index contributed by atoms with van der Waals surface area (Å²) in [4.78, 5) is 26.8. The molecular weight excluding hydrogens is 422 g/mol. The maximum absolute atomic E-state index is 13.0. The van der Waals surface area contributed by atoms with E-state index in [9.17, 15) is 18.0 Å². The van der Waals surface area contributed by atoms with Gasteiger partial charge in [-0.05, 0) is 61.9 Å². The van der Waals surface area contributed by atoms with Crippen LogP contribution in [0.25, 0.3) is 0 Å². The van der Waals surface area contributed by atoms with Crippen molar-refractivity contribution in [3.05, 3.63) is 48.0 Å². The zero-order valence-corrected chi connectivity index (χ0v) is 18.6. The predicted molar refractivity (Wildman–Crippen MR) is 120 cm³/mol. The second-order valence-corrected chi connectivity index (χ2v) is 9.61. The number of rotatable bonds is 6. The molecule has 1 heterocycles. The molecule has 2 N–H and O–H groups in total. The molecule has 0 unspecified atom stereocenters. The second kappa shape index (κ2) is 9.53. The lowest BCUT2D eigenvalue weighted by Gasteiger charge is -2.27. The molecule has 0 aliphatic carbocycles. The fourth-order valence-corrected chi connectivity index (χ4v) is 5.01. The molecule has 0 bridgehead atoms. The lowest BCUT2D eigenvalue weighted by atomic mass is 10.1. The van der Waals surface area contributed by atoms with Crippen molar-refractivity contribution in [3.8, 4) is 0 Å². The third kappa shape index (κ3) is 5.34. The van der Waals surface area contributed by atoms with E-state index in [4.69, 9.17) is 0 Å². The van der Waals surface area contributed by atoms with Gasteiger partial charge in [0.15, 0.2) is 0 Å². The van der Waals surface area contributed by atoms with E-state index in [1.54, 1.807) is 29.2 Å². The van der Waals surface area contributed by atoms with E-state index in [-0.39, 0.29) is 16.7 Å². The molecule has 160 valence electrons. The first kappa shape index (κ1) is 22.2. The quantitative estimate of drug-likeness (QED) is 0.657. The van der Waals surface area contributed by atoms with Gasteiger partial charge in [0, 0.05) is 30.6 Å². The highest BCUT2D eigenvalue weighted by Crippen LogP contribution is 2.27. The molecule has 1 aliphatic rings. The van der Waals surface area contributed by atoms with Crippen LogP contribution in [0.5, 0.6) is 0 Å². The summed E-state index contributed by atoms with van der Waals surface area (Å²) in [6.45, 7) is 2.76. The number of sulfonamides is 1. The average Bonchev–Trinajstić information content (AvgIpc) is 2.73. The first-order valence-corrected chi connectivity index (χ1v) is 12.4. The Balaban J connectivity index is 1.89. The van der Waals surface area contributed by atoms with Crippen molar-refractivity contribution in [3.63, 3.8) is 0 Å². The van der Waals surface area contributed by atoms with Crippen LogP contribution in [0.4, 0.5) is 11.4 Å². The van der Waals surface area contributed by atoms with E-state index in [0.29, 0.717) is 30.0 Å². The van der Waals surface area contributed by atoms with E-state index < -0.39 is 10.0 Å². The Morgan fingerprint density at radius 3 is 2.37 bits per heavy atom. The average molecular weight is 448 g/mol. The SMILES string of the molecule is CSc1ccc(S(=O)(=O)Nc2cccc(NC(C)=O)c2)cc1C(=O)N1CCCCC1. The maximum atomic E-state index is 13.0. The minimum absolute atomic E-state index is 0.0191. The van der Waals surface area contributed by atoms with E-state index >= 15 is 0 Å². The summed E-state index contributed by atoms with van der Waals surface area (Å²) < 4.78 is 28.4. The number of nitrogens with zero attached hydrogens (tertiary/aromatic N) is 1. The Morgan fingerprint density at radius 1 is 1.00 bits per heavy atom. The molecule has 0 radical (unpaired) electrons. The number of likely N-dealkylation sites (tertiary alicyclic amines) is 1. The summed E-state index contributed by atoms with van der Waals surface area (Å²) in [6.07, 6.45) is 4.90. The molecule has 1 fully saturated rings. The van der Waals surface area contributed by atoms with Crippen molar-refractivity contribution in [2.24, 2.45) is 0 Å². The monoisotopic (exact) mass is 447 g/mol. The van der Waals surface area contributed by atoms with Crippen LogP contribution in [0.1, 0.15) is 36.5 Å². The molecule has 0 saturated carbocycles. The van der Waals surface area contributed by atoms with Gasteiger partial charge in [0.05, 0.1) is 16.1 Å². The van der Waals surface area contributed by atoms with Crippen molar-refractivity contribution >= 4 is 45.0 Å². The molecule has 7 nitrogen and oxygen atoms in total. The van der Waals surface area contributed by atoms with Crippen LogP contribution < -0.4 is 10.0 Å². The van der Waals surface area contributed by atoms with Crippen LogP contribution >= 0.6 is 11.8 Å². The van der Waals surface area contributed by atoms with Crippen molar-refractivity contribution in [1.29, 1.82) is 0 Å². The maximum Gasteiger partial charge on any atom is 0.261 e. The van der Waals surface area contributed by atoms with E-state index in [1.807, 2.05) is 6.26 Å². The van der Waals surface area contributed by atoms with Crippen LogP contribution in [0.15, 0.2) is 52.3 Å². The molecule has 2 aromatic carbocycles. The molecule has 0 atom stereocenters. The molecule has 0 spiro atoms. The Labute approximate surface area is 181 Å². The number of carbonyl (C=O) groups is 2. The van der Waals surface area contributed by atoms with Crippen LogP contribution in [0.3, 0.4) is 0 Å². The fraction of sp³-hybridized carbons (Fsp3) is 0.333. The van der Waals surface area contributed by atoms with Gasteiger partial charge >= 0.3 is 0 Å². The summed E-state index contributed by atoms with van der Waals surface area (Å²) in [5.74, 6) is -0.382. The zero-order chi connectivity index (χ0) is 21.7. The largest absolute Gasteiger partial charge is 0.339 e. The van der Waals surface area contributed by atoms with Gasteiger partial charge in [-0.2, -0.15) is 0 Å². The first-order chi connectivity index (χ1) is 14.3. The molecule has 2 aromatic rings. The van der Waals surface area contributed by atoms with Crippen molar-refractivity contribution < 1.29 is 18.0 Å². The Morgan fingerprint density at radius 2 is 1.70 bits per heavy atom. The third-order valence-corrected chi connectivity index (χ3v) is 6.96. The zero-order valence-electron chi connectivity index (χ0n) is 17.0. The molecule has 2 amide bonds. The summed E-state index contributed by atoms with van der Waals surface area (Å²) >= 11 is 1.42. The second-order valence-electron chi connectivity index (χ2n) is 7.08. The van der Waals surface area contributed by atoms with Gasteiger partial charge < -0.3 is 10.2 Å². The topological polar surface area (TPSA) is 95.6 Å². The third-order valence-electron chi connectivity index (χ3n) is 4.79. The molecule has 9 heteroatoms. The molecule has 1 saturated heterocycles. The van der Waals surface area contributed by atoms with Crippen molar-refractivity contribution in [2.45, 2.75) is 36.0 Å². The summed E-state index contributed by atoms with van der Waals surface area (Å²) in [5, 5.41) is 2.62. The Hall–Kier alpha value is -2.52. The number of anilines is 2. The smallest absolute Gasteiger partial charge is 0.261 e. The number of benzene rings is 2. The number of nitrogens with one attached hydrogen (secondary N) is 2.